The molecular formula is C21H23ClN2O7. The number of anilines is 1. The van der Waals surface area contributed by atoms with E-state index in [-0.39, 0.29) is 22.0 Å². The Hall–Kier alpha value is -3.33. The summed E-state index contributed by atoms with van der Waals surface area (Å²) in [5.74, 6) is -0.000429. The largest absolute Gasteiger partial charge is 0.493 e. The van der Waals surface area contributed by atoms with Crippen molar-refractivity contribution in [3.8, 4) is 11.5 Å². The van der Waals surface area contributed by atoms with Crippen LogP contribution in [0.1, 0.15) is 30.6 Å². The van der Waals surface area contributed by atoms with Crippen molar-refractivity contribution >= 4 is 34.9 Å². The summed E-state index contributed by atoms with van der Waals surface area (Å²) in [7, 11) is 1.46. The number of hydrogen-bond donors (Lipinski definition) is 1. The van der Waals surface area contributed by atoms with E-state index in [0.29, 0.717) is 24.0 Å². The van der Waals surface area contributed by atoms with Crippen molar-refractivity contribution < 1.29 is 28.7 Å². The van der Waals surface area contributed by atoms with Crippen molar-refractivity contribution in [2.45, 2.75) is 20.3 Å². The van der Waals surface area contributed by atoms with E-state index < -0.39 is 23.4 Å². The van der Waals surface area contributed by atoms with E-state index in [1.807, 2.05) is 0 Å². The fourth-order valence-corrected chi connectivity index (χ4v) is 2.66. The number of amides is 1. The molecule has 0 aliphatic heterocycles. The quantitative estimate of drug-likeness (QED) is 0.322. The molecule has 0 radical (unpaired) electrons. The predicted octanol–water partition coefficient (Wildman–Crippen LogP) is 4.48. The Bertz CT molecular complexity index is 963. The van der Waals surface area contributed by atoms with Gasteiger partial charge < -0.3 is 19.5 Å². The number of hydrogen-bond acceptors (Lipinski definition) is 7. The van der Waals surface area contributed by atoms with Crippen LogP contribution in [0.5, 0.6) is 11.5 Å². The zero-order chi connectivity index (χ0) is 23.0. The molecule has 31 heavy (non-hydrogen) atoms. The van der Waals surface area contributed by atoms with Crippen molar-refractivity contribution in [2.24, 2.45) is 5.92 Å². The first-order valence-electron chi connectivity index (χ1n) is 9.43. The summed E-state index contributed by atoms with van der Waals surface area (Å²) < 4.78 is 16.0. The van der Waals surface area contributed by atoms with Crippen LogP contribution in [0.25, 0.3) is 0 Å². The van der Waals surface area contributed by atoms with Crippen LogP contribution in [0.4, 0.5) is 11.4 Å². The van der Waals surface area contributed by atoms with Gasteiger partial charge in [0.1, 0.15) is 0 Å². The summed E-state index contributed by atoms with van der Waals surface area (Å²) in [6.45, 7) is 4.13. The second-order valence-electron chi connectivity index (χ2n) is 6.94. The van der Waals surface area contributed by atoms with Gasteiger partial charge in [-0.3, -0.25) is 14.9 Å². The van der Waals surface area contributed by atoms with Gasteiger partial charge in [-0.1, -0.05) is 25.4 Å². The molecular weight excluding hydrogens is 428 g/mol. The van der Waals surface area contributed by atoms with Crippen LogP contribution in [0.15, 0.2) is 36.4 Å². The van der Waals surface area contributed by atoms with Crippen molar-refractivity contribution in [1.82, 2.24) is 0 Å². The standard InChI is InChI=1S/C21H23ClN2O7/c1-13(2)8-9-30-18-7-4-14(10-19(18)29-3)21(26)31-12-20(25)23-17-6-5-15(24(27)28)11-16(17)22/h4-7,10-11,13H,8-9,12H2,1-3H3,(H,23,25). The van der Waals surface area contributed by atoms with E-state index in [0.717, 1.165) is 12.5 Å². The molecule has 9 nitrogen and oxygen atoms in total. The molecule has 1 N–H and O–H groups in total. The first kappa shape index (κ1) is 23.9. The third-order valence-corrected chi connectivity index (χ3v) is 4.44. The maximum absolute atomic E-state index is 12.3. The predicted molar refractivity (Wildman–Crippen MR) is 115 cm³/mol. The first-order valence-corrected chi connectivity index (χ1v) is 9.80. The summed E-state index contributed by atoms with van der Waals surface area (Å²) in [5, 5.41) is 13.2. The average molecular weight is 451 g/mol. The number of nitro groups is 1. The van der Waals surface area contributed by atoms with Crippen LogP contribution in [0.3, 0.4) is 0 Å². The number of nitrogens with one attached hydrogen (secondary N) is 1. The molecule has 0 saturated carbocycles. The molecule has 0 aliphatic carbocycles. The maximum atomic E-state index is 12.3. The molecule has 0 unspecified atom stereocenters. The lowest BCUT2D eigenvalue weighted by Crippen LogP contribution is -2.21. The van der Waals surface area contributed by atoms with Crippen molar-refractivity contribution in [2.75, 3.05) is 25.6 Å². The molecule has 0 saturated heterocycles. The van der Waals surface area contributed by atoms with Crippen LogP contribution in [0, 0.1) is 16.0 Å². The number of methoxy groups -OCH3 is 1. The molecule has 0 atom stereocenters. The Morgan fingerprint density at radius 2 is 1.90 bits per heavy atom. The van der Waals surface area contributed by atoms with E-state index in [1.54, 1.807) is 6.07 Å². The second-order valence-corrected chi connectivity index (χ2v) is 7.35. The third-order valence-electron chi connectivity index (χ3n) is 4.12. The number of halogens is 1. The highest BCUT2D eigenvalue weighted by Crippen LogP contribution is 2.29. The van der Waals surface area contributed by atoms with E-state index >= 15 is 0 Å². The number of rotatable bonds is 10. The zero-order valence-corrected chi connectivity index (χ0v) is 18.1. The first-order chi connectivity index (χ1) is 14.7. The third kappa shape index (κ3) is 7.14. The number of non-ortho nitro benzene ring substituents is 1. The van der Waals surface area contributed by atoms with E-state index in [2.05, 4.69) is 19.2 Å². The highest BCUT2D eigenvalue weighted by Gasteiger charge is 2.16. The topological polar surface area (TPSA) is 117 Å². The molecule has 0 bridgehead atoms. The summed E-state index contributed by atoms with van der Waals surface area (Å²) in [6, 6.07) is 8.19. The van der Waals surface area contributed by atoms with E-state index in [1.165, 1.54) is 31.4 Å². The SMILES string of the molecule is COc1cc(C(=O)OCC(=O)Nc2ccc([N+](=O)[O-])cc2Cl)ccc1OCCC(C)C. The normalized spacial score (nSPS) is 10.5. The van der Waals surface area contributed by atoms with Crippen LogP contribution in [-0.4, -0.2) is 37.1 Å². The average Bonchev–Trinajstić information content (AvgIpc) is 2.73. The van der Waals surface area contributed by atoms with Crippen molar-refractivity contribution in [1.29, 1.82) is 0 Å². The number of carbonyl (C=O) groups is 2. The van der Waals surface area contributed by atoms with Gasteiger partial charge in [-0.25, -0.2) is 4.79 Å². The van der Waals surface area contributed by atoms with E-state index in [4.69, 9.17) is 25.8 Å². The van der Waals surface area contributed by atoms with Gasteiger partial charge in [-0.15, -0.1) is 0 Å². The molecule has 0 aliphatic rings. The lowest BCUT2D eigenvalue weighted by molar-refractivity contribution is -0.384. The minimum Gasteiger partial charge on any atom is -0.493 e. The fraction of sp³-hybridized carbons (Fsp3) is 0.333. The lowest BCUT2D eigenvalue weighted by Gasteiger charge is -2.13. The number of ether oxygens (including phenoxy) is 3. The number of carbonyl (C=O) groups excluding carboxylic acids is 2. The summed E-state index contributed by atoms with van der Waals surface area (Å²) in [5.41, 5.74) is 0.145. The number of benzene rings is 2. The summed E-state index contributed by atoms with van der Waals surface area (Å²) >= 11 is 5.93. The van der Waals surface area contributed by atoms with Crippen molar-refractivity contribution in [3.63, 3.8) is 0 Å². The van der Waals surface area contributed by atoms with Gasteiger partial charge in [-0.2, -0.15) is 0 Å². The van der Waals surface area contributed by atoms with Crippen LogP contribution in [-0.2, 0) is 9.53 Å². The number of nitro benzene ring substituents is 1. The Kier molecular flexibility index (Phi) is 8.63. The molecule has 1 amide bonds. The molecule has 2 aromatic carbocycles. The van der Waals surface area contributed by atoms with Crippen LogP contribution >= 0.6 is 11.6 Å². The molecule has 10 heteroatoms. The van der Waals surface area contributed by atoms with Gasteiger partial charge >= 0.3 is 5.97 Å². The smallest absolute Gasteiger partial charge is 0.338 e. The minimum atomic E-state index is -0.725. The van der Waals surface area contributed by atoms with Crippen LogP contribution < -0.4 is 14.8 Å². The molecule has 0 heterocycles. The number of nitrogens with zero attached hydrogens (tertiary/aromatic N) is 1. The van der Waals surface area contributed by atoms with Gasteiger partial charge in [0.25, 0.3) is 11.6 Å². The van der Waals surface area contributed by atoms with Gasteiger partial charge in [0.15, 0.2) is 18.1 Å². The molecule has 166 valence electrons. The van der Waals surface area contributed by atoms with Crippen LogP contribution in [0.2, 0.25) is 5.02 Å². The lowest BCUT2D eigenvalue weighted by atomic mass is 10.1. The summed E-state index contributed by atoms with van der Waals surface area (Å²) in [4.78, 5) is 34.4. The molecule has 2 aromatic rings. The molecule has 0 spiro atoms. The zero-order valence-electron chi connectivity index (χ0n) is 17.3. The molecule has 0 fully saturated rings. The summed E-state index contributed by atoms with van der Waals surface area (Å²) in [6.07, 6.45) is 0.876. The fourth-order valence-electron chi connectivity index (χ4n) is 2.44. The van der Waals surface area contributed by atoms with E-state index in [9.17, 15) is 19.7 Å². The maximum Gasteiger partial charge on any atom is 0.338 e. The minimum absolute atomic E-state index is 0.00771. The number of esters is 1. The van der Waals surface area contributed by atoms with Crippen molar-refractivity contribution in [3.05, 3.63) is 57.1 Å². The van der Waals surface area contributed by atoms with Gasteiger partial charge in [0, 0.05) is 12.1 Å². The highest BCUT2D eigenvalue weighted by molar-refractivity contribution is 6.34. The Morgan fingerprint density at radius 3 is 2.52 bits per heavy atom. The van der Waals surface area contributed by atoms with Gasteiger partial charge in [-0.05, 0) is 36.6 Å². The Labute approximate surface area is 184 Å². The second kappa shape index (κ2) is 11.2. The van der Waals surface area contributed by atoms with Gasteiger partial charge in [0.2, 0.25) is 0 Å². The Balaban J connectivity index is 1.94. The van der Waals surface area contributed by atoms with Gasteiger partial charge in [0.05, 0.1) is 34.9 Å². The molecule has 0 aromatic heterocycles. The Morgan fingerprint density at radius 1 is 1.16 bits per heavy atom. The molecule has 2 rings (SSSR count). The monoisotopic (exact) mass is 450 g/mol. The highest BCUT2D eigenvalue weighted by atomic mass is 35.5.